The Hall–Kier alpha value is -2.13. The van der Waals surface area contributed by atoms with Crippen LogP contribution in [-0.4, -0.2) is 23.0 Å². The van der Waals surface area contributed by atoms with Crippen LogP contribution in [0.1, 0.15) is 41.6 Å². The van der Waals surface area contributed by atoms with Crippen molar-refractivity contribution >= 4 is 5.91 Å². The molecule has 0 aromatic heterocycles. The van der Waals surface area contributed by atoms with Crippen LogP contribution < -0.4 is 5.32 Å². The number of fused-ring (bicyclic) bond motifs is 4. The highest BCUT2D eigenvalue weighted by Crippen LogP contribution is 2.39. The van der Waals surface area contributed by atoms with E-state index in [1.165, 1.54) is 31.2 Å². The fraction of sp³-hybridized carbons (Fsp3) is 0.381. The van der Waals surface area contributed by atoms with Crippen molar-refractivity contribution in [1.82, 2.24) is 10.2 Å². The van der Waals surface area contributed by atoms with Crippen LogP contribution >= 0.6 is 0 Å². The fourth-order valence-electron chi connectivity index (χ4n) is 4.79. The van der Waals surface area contributed by atoms with Crippen LogP contribution in [0.15, 0.2) is 48.5 Å². The van der Waals surface area contributed by atoms with E-state index in [0.29, 0.717) is 12.0 Å². The molecule has 2 saturated heterocycles. The quantitative estimate of drug-likeness (QED) is 0.913. The van der Waals surface area contributed by atoms with Gasteiger partial charge in [0.25, 0.3) is 5.91 Å². The van der Waals surface area contributed by atoms with Gasteiger partial charge >= 0.3 is 0 Å². The van der Waals surface area contributed by atoms with Crippen LogP contribution in [0.2, 0.25) is 0 Å². The maximum atomic E-state index is 13.3. The zero-order valence-electron chi connectivity index (χ0n) is 13.7. The van der Waals surface area contributed by atoms with Gasteiger partial charge in [0, 0.05) is 12.6 Å². The number of carbonyl (C=O) groups is 1. The molecule has 2 bridgehead atoms. The maximum absolute atomic E-state index is 13.3. The van der Waals surface area contributed by atoms with Gasteiger partial charge in [0.05, 0.1) is 11.7 Å². The first-order valence-electron chi connectivity index (χ1n) is 9.05. The number of carbonyl (C=O) groups excluding carboxylic acids is 1. The highest BCUT2D eigenvalue weighted by Gasteiger charge is 2.43. The number of rotatable bonds is 2. The number of nitrogens with zero attached hydrogens (tertiary/aromatic N) is 1. The van der Waals surface area contributed by atoms with Crippen LogP contribution in [0.4, 0.5) is 0 Å². The Morgan fingerprint density at radius 1 is 0.917 bits per heavy atom. The van der Waals surface area contributed by atoms with Crippen molar-refractivity contribution < 1.29 is 4.79 Å². The fourth-order valence-corrected chi connectivity index (χ4v) is 4.79. The van der Waals surface area contributed by atoms with Gasteiger partial charge in [0.15, 0.2) is 0 Å². The second kappa shape index (κ2) is 5.45. The first kappa shape index (κ1) is 14.2. The van der Waals surface area contributed by atoms with Gasteiger partial charge in [-0.15, -0.1) is 0 Å². The lowest BCUT2D eigenvalue weighted by atomic mass is 9.79. The normalized spacial score (nSPS) is 28.2. The van der Waals surface area contributed by atoms with Crippen molar-refractivity contribution in [2.45, 2.75) is 44.4 Å². The molecule has 1 saturated carbocycles. The molecule has 3 fully saturated rings. The van der Waals surface area contributed by atoms with Gasteiger partial charge in [-0.25, -0.2) is 0 Å². The molecule has 1 unspecified atom stereocenters. The van der Waals surface area contributed by atoms with E-state index < -0.39 is 0 Å². The summed E-state index contributed by atoms with van der Waals surface area (Å²) in [4.78, 5) is 15.3. The molecule has 3 nitrogen and oxygen atoms in total. The number of piperidine rings is 2. The van der Waals surface area contributed by atoms with Gasteiger partial charge in [-0.1, -0.05) is 48.5 Å². The third-order valence-electron chi connectivity index (χ3n) is 6.01. The van der Waals surface area contributed by atoms with Gasteiger partial charge in [-0.3, -0.25) is 10.1 Å². The summed E-state index contributed by atoms with van der Waals surface area (Å²) in [5.74, 6) is 0.822. The molecule has 0 radical (unpaired) electrons. The number of nitrogens with one attached hydrogen (secondary N) is 1. The monoisotopic (exact) mass is 318 g/mol. The molecule has 3 heterocycles. The minimum atomic E-state index is 0.203. The van der Waals surface area contributed by atoms with E-state index in [9.17, 15) is 4.79 Å². The van der Waals surface area contributed by atoms with Crippen molar-refractivity contribution in [1.29, 1.82) is 0 Å². The summed E-state index contributed by atoms with van der Waals surface area (Å²) in [5, 5.41) is 3.72. The van der Waals surface area contributed by atoms with Crippen molar-refractivity contribution in [3.63, 3.8) is 0 Å². The Labute approximate surface area is 142 Å². The van der Waals surface area contributed by atoms with Crippen LogP contribution in [0, 0.1) is 5.92 Å². The van der Waals surface area contributed by atoms with E-state index in [4.69, 9.17) is 0 Å². The standard InChI is InChI=1S/C21H22N2O/c24-21-19-16(7-4-8-18(19)14-5-2-1-3-6-14)13-23(21)20-15-9-11-17(22-20)12-10-15/h1-8,15,17,20,22H,9-13H2. The lowest BCUT2D eigenvalue weighted by molar-refractivity contribution is 0.0244. The molecule has 1 N–H and O–H groups in total. The molecule has 122 valence electrons. The van der Waals surface area contributed by atoms with E-state index in [1.54, 1.807) is 0 Å². The first-order valence-corrected chi connectivity index (χ1v) is 9.05. The van der Waals surface area contributed by atoms with Crippen molar-refractivity contribution in [2.24, 2.45) is 5.92 Å². The molecule has 2 aromatic rings. The minimum absolute atomic E-state index is 0.203. The molecule has 1 aliphatic carbocycles. The van der Waals surface area contributed by atoms with Gasteiger partial charge in [0.2, 0.25) is 0 Å². The van der Waals surface area contributed by atoms with E-state index in [-0.39, 0.29) is 12.1 Å². The molecular formula is C21H22N2O. The topological polar surface area (TPSA) is 32.3 Å². The second-order valence-corrected chi connectivity index (χ2v) is 7.36. The highest BCUT2D eigenvalue weighted by atomic mass is 16.2. The van der Waals surface area contributed by atoms with Gasteiger partial charge in [-0.05, 0) is 48.3 Å². The molecule has 4 aliphatic rings. The number of benzene rings is 2. The van der Waals surface area contributed by atoms with E-state index in [0.717, 1.165) is 23.2 Å². The average molecular weight is 318 g/mol. The van der Waals surface area contributed by atoms with Crippen LogP contribution in [-0.2, 0) is 6.54 Å². The molecule has 3 heteroatoms. The molecule has 3 aliphatic heterocycles. The summed E-state index contributed by atoms with van der Waals surface area (Å²) >= 11 is 0. The number of amides is 1. The molecule has 6 rings (SSSR count). The molecule has 1 atom stereocenters. The largest absolute Gasteiger partial charge is 0.318 e. The molecule has 2 aromatic carbocycles. The summed E-state index contributed by atoms with van der Waals surface area (Å²) in [6.45, 7) is 0.746. The Bertz CT molecular complexity index is 778. The Balaban J connectivity index is 1.52. The minimum Gasteiger partial charge on any atom is -0.318 e. The number of hydrogen-bond acceptors (Lipinski definition) is 2. The zero-order valence-corrected chi connectivity index (χ0v) is 13.7. The lowest BCUT2D eigenvalue weighted by Gasteiger charge is -2.47. The Morgan fingerprint density at radius 2 is 1.71 bits per heavy atom. The van der Waals surface area contributed by atoms with E-state index in [2.05, 4.69) is 40.5 Å². The molecule has 24 heavy (non-hydrogen) atoms. The van der Waals surface area contributed by atoms with Gasteiger partial charge in [0.1, 0.15) is 0 Å². The van der Waals surface area contributed by atoms with E-state index in [1.807, 2.05) is 18.2 Å². The van der Waals surface area contributed by atoms with Crippen LogP contribution in [0.3, 0.4) is 0 Å². The molecule has 0 spiro atoms. The third kappa shape index (κ3) is 2.11. The second-order valence-electron chi connectivity index (χ2n) is 7.36. The van der Waals surface area contributed by atoms with Crippen LogP contribution in [0.5, 0.6) is 0 Å². The smallest absolute Gasteiger partial charge is 0.256 e. The van der Waals surface area contributed by atoms with Crippen molar-refractivity contribution in [2.75, 3.05) is 0 Å². The lowest BCUT2D eigenvalue weighted by Crippen LogP contribution is -2.60. The first-order chi connectivity index (χ1) is 11.8. The van der Waals surface area contributed by atoms with Crippen molar-refractivity contribution in [3.8, 4) is 11.1 Å². The summed E-state index contributed by atoms with van der Waals surface area (Å²) in [6.07, 6.45) is 5.28. The van der Waals surface area contributed by atoms with Gasteiger partial charge < -0.3 is 4.90 Å². The Morgan fingerprint density at radius 3 is 2.42 bits per heavy atom. The highest BCUT2D eigenvalue weighted by molar-refractivity contribution is 6.04. The SMILES string of the molecule is O=C1c2c(cccc2-c2ccccc2)CN1C1NC2CCC1CC2. The zero-order chi connectivity index (χ0) is 16.1. The summed E-state index contributed by atoms with van der Waals surface area (Å²) < 4.78 is 0. The summed E-state index contributed by atoms with van der Waals surface area (Å²) in [6, 6.07) is 17.1. The summed E-state index contributed by atoms with van der Waals surface area (Å²) in [7, 11) is 0. The number of hydrogen-bond donors (Lipinski definition) is 1. The van der Waals surface area contributed by atoms with Crippen molar-refractivity contribution in [3.05, 3.63) is 59.7 Å². The summed E-state index contributed by atoms with van der Waals surface area (Å²) in [5.41, 5.74) is 4.28. The Kier molecular flexibility index (Phi) is 3.23. The van der Waals surface area contributed by atoms with Crippen LogP contribution in [0.25, 0.3) is 11.1 Å². The molecule has 1 amide bonds. The average Bonchev–Trinajstić information content (AvgIpc) is 3.00. The molecular weight excluding hydrogens is 296 g/mol. The maximum Gasteiger partial charge on any atom is 0.256 e. The third-order valence-corrected chi connectivity index (χ3v) is 6.01. The van der Waals surface area contributed by atoms with Gasteiger partial charge in [-0.2, -0.15) is 0 Å². The van der Waals surface area contributed by atoms with E-state index >= 15 is 0 Å². The predicted octanol–water partition coefficient (Wildman–Crippen LogP) is 3.80. The predicted molar refractivity (Wildman–Crippen MR) is 94.4 cm³/mol.